The quantitative estimate of drug-likeness (QED) is 0.0550. The molecule has 22 nitrogen and oxygen atoms in total. The lowest BCUT2D eigenvalue weighted by atomic mass is 10.1. The number of imidazole rings is 2. The highest BCUT2D eigenvalue weighted by Crippen LogP contribution is 2.33. The predicted molar refractivity (Wildman–Crippen MR) is 264 cm³/mol. The lowest BCUT2D eigenvalue weighted by Gasteiger charge is -2.19. The summed E-state index contributed by atoms with van der Waals surface area (Å²) in [5, 5.41) is 17.9. The number of amides is 5. The standard InChI is InChI=1S/C47H54N14O8S/c1-9-31-39(70-27(4)51-31)43(65)56-45-54-33-21-29(41(49)63)23-36(68-18-14-13-15-58-25-30(24-50-58)52-46(66)69-47(5,6)7)38(33)60(45)17-12-11-16-59-37-32(20-28(40(48)62)22-35(37)67-8)53-44(59)55-42(64)34-19-26(3)57-61(34)10-2/h11-14,19-25H,9-10,15-18H2,1-8H3,(H2,48,62)(H2,49,63)(H,52,66)(H,53,55,64)(H,54,56,65)/b12-11+,14-13+. The van der Waals surface area contributed by atoms with Crippen LogP contribution in [0.2, 0.25) is 0 Å². The number of nitrogens with two attached hydrogens (primary N) is 2. The number of nitrogens with zero attached hydrogens (tertiary/aromatic N) is 9. The van der Waals surface area contributed by atoms with Crippen molar-refractivity contribution in [3.63, 3.8) is 0 Å². The van der Waals surface area contributed by atoms with E-state index in [-0.39, 0.29) is 48.5 Å². The number of carbonyl (C=O) groups excluding carboxylic acids is 5. The van der Waals surface area contributed by atoms with Crippen molar-refractivity contribution in [3.8, 4) is 11.5 Å². The molecule has 5 amide bonds. The first kappa shape index (κ1) is 49.6. The fourth-order valence-corrected chi connectivity index (χ4v) is 8.34. The molecule has 7 rings (SSSR count). The average Bonchev–Trinajstić information content (AvgIpc) is 4.14. The van der Waals surface area contributed by atoms with E-state index >= 15 is 0 Å². The van der Waals surface area contributed by atoms with E-state index in [9.17, 15) is 24.0 Å². The van der Waals surface area contributed by atoms with Crippen LogP contribution in [0.25, 0.3) is 22.1 Å². The molecule has 5 aromatic heterocycles. The third-order valence-electron chi connectivity index (χ3n) is 10.4. The number of allylic oxidation sites excluding steroid dienone is 3. The van der Waals surface area contributed by atoms with Gasteiger partial charge in [0.1, 0.15) is 45.3 Å². The molecule has 0 bridgehead atoms. The van der Waals surface area contributed by atoms with Crippen LogP contribution in [-0.4, -0.2) is 92.7 Å². The number of rotatable bonds is 19. The average molecular weight is 975 g/mol. The van der Waals surface area contributed by atoms with Crippen LogP contribution in [0.5, 0.6) is 11.5 Å². The third-order valence-corrected chi connectivity index (χ3v) is 11.5. The highest BCUT2D eigenvalue weighted by molar-refractivity contribution is 7.13. The second-order valence-corrected chi connectivity index (χ2v) is 18.0. The molecule has 7 aromatic rings. The van der Waals surface area contributed by atoms with Gasteiger partial charge in [0, 0.05) is 37.0 Å². The third kappa shape index (κ3) is 11.3. The van der Waals surface area contributed by atoms with Gasteiger partial charge in [0.15, 0.2) is 0 Å². The second-order valence-electron chi connectivity index (χ2n) is 16.8. The number of anilines is 3. The van der Waals surface area contributed by atoms with Crippen LogP contribution in [0.1, 0.15) is 91.9 Å². The number of hydrogen-bond donors (Lipinski definition) is 5. The van der Waals surface area contributed by atoms with Gasteiger partial charge in [-0.15, -0.1) is 11.3 Å². The van der Waals surface area contributed by atoms with Crippen molar-refractivity contribution in [1.29, 1.82) is 0 Å². The normalized spacial score (nSPS) is 11.8. The van der Waals surface area contributed by atoms with Gasteiger partial charge >= 0.3 is 6.09 Å². The Bertz CT molecular complexity index is 3200. The van der Waals surface area contributed by atoms with E-state index in [0.717, 1.165) is 5.01 Å². The summed E-state index contributed by atoms with van der Waals surface area (Å²) in [6.07, 6.45) is 10.3. The lowest BCUT2D eigenvalue weighted by molar-refractivity contribution is 0.0635. The zero-order valence-corrected chi connectivity index (χ0v) is 40.8. The van der Waals surface area contributed by atoms with Crippen LogP contribution in [0.4, 0.5) is 22.4 Å². The molecule has 0 unspecified atom stereocenters. The number of aryl methyl sites for hydroxylation is 4. The van der Waals surface area contributed by atoms with E-state index < -0.39 is 35.3 Å². The Balaban J connectivity index is 1.21. The van der Waals surface area contributed by atoms with Gasteiger partial charge in [0.2, 0.25) is 23.7 Å². The minimum atomic E-state index is -0.715. The second kappa shape index (κ2) is 20.9. The number of carbonyl (C=O) groups is 5. The maximum atomic E-state index is 13.9. The van der Waals surface area contributed by atoms with Gasteiger partial charge in [-0.2, -0.15) is 10.2 Å². The summed E-state index contributed by atoms with van der Waals surface area (Å²) < 4.78 is 24.0. The highest BCUT2D eigenvalue weighted by Gasteiger charge is 2.24. The van der Waals surface area contributed by atoms with E-state index in [0.29, 0.717) is 75.0 Å². The van der Waals surface area contributed by atoms with Crippen LogP contribution in [-0.2, 0) is 37.3 Å². The van der Waals surface area contributed by atoms with Crippen LogP contribution < -0.4 is 36.9 Å². The molecule has 0 aliphatic heterocycles. The highest BCUT2D eigenvalue weighted by atomic mass is 32.1. The van der Waals surface area contributed by atoms with Crippen molar-refractivity contribution in [3.05, 3.63) is 105 Å². The summed E-state index contributed by atoms with van der Waals surface area (Å²) in [5.74, 6) is -1.41. The van der Waals surface area contributed by atoms with Crippen molar-refractivity contribution in [1.82, 2.24) is 43.6 Å². The zero-order valence-electron chi connectivity index (χ0n) is 39.9. The summed E-state index contributed by atoms with van der Waals surface area (Å²) in [6, 6.07) is 7.74. The number of nitrogens with one attached hydrogen (secondary N) is 3. The first-order valence-electron chi connectivity index (χ1n) is 22.2. The Morgan fingerprint density at radius 1 is 0.771 bits per heavy atom. The number of ether oxygens (including phenoxy) is 3. The fraction of sp³-hybridized carbons (Fsp3) is 0.319. The van der Waals surface area contributed by atoms with Crippen LogP contribution in [0.15, 0.2) is 67.0 Å². The lowest BCUT2D eigenvalue weighted by Crippen LogP contribution is -2.27. The molecule has 7 N–H and O–H groups in total. The van der Waals surface area contributed by atoms with Gasteiger partial charge in [-0.05, 0) is 84.4 Å². The monoisotopic (exact) mass is 974 g/mol. The molecule has 5 heterocycles. The zero-order chi connectivity index (χ0) is 50.4. The van der Waals surface area contributed by atoms with Gasteiger partial charge in [0.05, 0.1) is 53.0 Å². The van der Waals surface area contributed by atoms with Crippen molar-refractivity contribution in [2.24, 2.45) is 11.5 Å². The molecule has 0 radical (unpaired) electrons. The first-order valence-corrected chi connectivity index (χ1v) is 23.0. The van der Waals surface area contributed by atoms with Crippen LogP contribution in [0, 0.1) is 13.8 Å². The Morgan fingerprint density at radius 3 is 1.96 bits per heavy atom. The first-order chi connectivity index (χ1) is 33.4. The van der Waals surface area contributed by atoms with E-state index in [1.54, 1.807) is 64.5 Å². The molecule has 0 saturated heterocycles. The number of thiazole rings is 1. The van der Waals surface area contributed by atoms with E-state index in [1.807, 2.05) is 39.0 Å². The van der Waals surface area contributed by atoms with Gasteiger partial charge < -0.3 is 34.8 Å². The molecule has 23 heteroatoms. The number of methoxy groups -OCH3 is 1. The molecule has 0 atom stereocenters. The van der Waals surface area contributed by atoms with Gasteiger partial charge in [-0.3, -0.25) is 44.5 Å². The van der Waals surface area contributed by atoms with Crippen molar-refractivity contribution in [2.45, 2.75) is 86.7 Å². The Morgan fingerprint density at radius 2 is 1.37 bits per heavy atom. The maximum absolute atomic E-state index is 13.9. The number of primary amides is 2. The minimum Gasteiger partial charge on any atom is -0.494 e. The number of hydrogen-bond acceptors (Lipinski definition) is 14. The number of fused-ring (bicyclic) bond motifs is 2. The molecule has 0 saturated carbocycles. The van der Waals surface area contributed by atoms with E-state index in [4.69, 9.17) is 35.6 Å². The van der Waals surface area contributed by atoms with Gasteiger partial charge in [-0.25, -0.2) is 19.7 Å². The number of aromatic nitrogens is 9. The smallest absolute Gasteiger partial charge is 0.412 e. The minimum absolute atomic E-state index is 0.0461. The molecule has 0 aliphatic rings. The Kier molecular flexibility index (Phi) is 14.8. The number of benzene rings is 2. The molecule has 0 fully saturated rings. The van der Waals surface area contributed by atoms with Crippen molar-refractivity contribution < 1.29 is 38.2 Å². The predicted octanol–water partition coefficient (Wildman–Crippen LogP) is 6.38. The van der Waals surface area contributed by atoms with Crippen molar-refractivity contribution >= 4 is 80.7 Å². The molecule has 0 aliphatic carbocycles. The van der Waals surface area contributed by atoms with E-state index in [2.05, 4.69) is 31.1 Å². The molecular weight excluding hydrogens is 921 g/mol. The molecule has 70 heavy (non-hydrogen) atoms. The molecule has 0 spiro atoms. The van der Waals surface area contributed by atoms with Gasteiger partial charge in [-0.1, -0.05) is 25.2 Å². The molecule has 366 valence electrons. The Labute approximate surface area is 405 Å². The summed E-state index contributed by atoms with van der Waals surface area (Å²) in [5.41, 5.74) is 14.8. The van der Waals surface area contributed by atoms with Crippen LogP contribution >= 0.6 is 11.3 Å². The van der Waals surface area contributed by atoms with Gasteiger partial charge in [0.25, 0.3) is 11.8 Å². The molecular formula is C47H54N14O8S. The molecule has 2 aromatic carbocycles. The summed E-state index contributed by atoms with van der Waals surface area (Å²) >= 11 is 1.26. The SMILES string of the molecule is CCc1nc(C)sc1C(=O)Nc1nc2cc(C(N)=O)cc(OC/C=C/Cn3cc(NC(=O)OC(C)(C)C)cn3)c2n1C/C=C/Cn1c(NC(=O)c2cc(C)nn2CC)nc2cc(C(N)=O)cc(OC)c21. The largest absolute Gasteiger partial charge is 0.494 e. The topological polar surface area (TPSA) is 285 Å². The summed E-state index contributed by atoms with van der Waals surface area (Å²) in [6.45, 7) is 13.8. The summed E-state index contributed by atoms with van der Waals surface area (Å²) in [7, 11) is 1.45. The Hall–Kier alpha value is -8.34. The maximum Gasteiger partial charge on any atom is 0.412 e. The fourth-order valence-electron chi connectivity index (χ4n) is 7.43. The summed E-state index contributed by atoms with van der Waals surface area (Å²) in [4.78, 5) is 79.2. The van der Waals surface area contributed by atoms with Crippen molar-refractivity contribution in [2.75, 3.05) is 29.7 Å². The van der Waals surface area contributed by atoms with Crippen LogP contribution in [0.3, 0.4) is 0 Å². The van der Waals surface area contributed by atoms with E-state index in [1.165, 1.54) is 48.9 Å².